The summed E-state index contributed by atoms with van der Waals surface area (Å²) in [6.07, 6.45) is 3.30. The molecule has 1 aliphatic rings. The lowest BCUT2D eigenvalue weighted by molar-refractivity contribution is 0.194. The van der Waals surface area contributed by atoms with E-state index in [1.165, 1.54) is 23.8 Å². The van der Waals surface area contributed by atoms with Crippen LogP contribution in [0.4, 0.5) is 0 Å². The van der Waals surface area contributed by atoms with Crippen LogP contribution in [-0.2, 0) is 10.0 Å². The highest BCUT2D eigenvalue weighted by molar-refractivity contribution is 7.89. The predicted molar refractivity (Wildman–Crippen MR) is 94.9 cm³/mol. The van der Waals surface area contributed by atoms with Crippen LogP contribution >= 0.6 is 0 Å². The zero-order chi connectivity index (χ0) is 18.4. The van der Waals surface area contributed by atoms with Crippen molar-refractivity contribution in [2.45, 2.75) is 12.5 Å². The van der Waals surface area contributed by atoms with Gasteiger partial charge in [-0.25, -0.2) is 18.4 Å². The highest BCUT2D eigenvalue weighted by Crippen LogP contribution is 2.25. The Morgan fingerprint density at radius 1 is 1.15 bits per heavy atom. The summed E-state index contributed by atoms with van der Waals surface area (Å²) in [5.41, 5.74) is 0. The van der Waals surface area contributed by atoms with Gasteiger partial charge in [0.1, 0.15) is 18.5 Å². The molecule has 1 unspecified atom stereocenters. The van der Waals surface area contributed by atoms with Crippen LogP contribution in [0, 0.1) is 0 Å². The maximum absolute atomic E-state index is 12.5. The molecule has 8 nitrogen and oxygen atoms in total. The lowest BCUT2D eigenvalue weighted by Gasteiger charge is -2.17. The van der Waals surface area contributed by atoms with Crippen LogP contribution in [0.25, 0.3) is 0 Å². The SMILES string of the molecule is COc1nccnc1OC1CCN(S(=O)(=O)CCOc2ccccc2)C1. The molecular weight excluding hydrogens is 358 g/mol. The van der Waals surface area contributed by atoms with Crippen molar-refractivity contribution in [3.05, 3.63) is 42.7 Å². The number of aromatic nitrogens is 2. The maximum Gasteiger partial charge on any atom is 0.278 e. The van der Waals surface area contributed by atoms with Gasteiger partial charge < -0.3 is 14.2 Å². The Morgan fingerprint density at radius 2 is 1.88 bits per heavy atom. The van der Waals surface area contributed by atoms with Gasteiger partial charge in [0.15, 0.2) is 0 Å². The molecule has 1 saturated heterocycles. The predicted octanol–water partition coefficient (Wildman–Crippen LogP) is 1.35. The molecule has 26 heavy (non-hydrogen) atoms. The number of sulfonamides is 1. The lowest BCUT2D eigenvalue weighted by atomic mass is 10.3. The van der Waals surface area contributed by atoms with Crippen molar-refractivity contribution in [1.82, 2.24) is 14.3 Å². The molecule has 0 spiro atoms. The fraction of sp³-hybridized carbons (Fsp3) is 0.412. The fourth-order valence-corrected chi connectivity index (χ4v) is 3.98. The monoisotopic (exact) mass is 379 g/mol. The molecule has 0 bridgehead atoms. The minimum absolute atomic E-state index is 0.0803. The van der Waals surface area contributed by atoms with Crippen molar-refractivity contribution in [3.63, 3.8) is 0 Å². The van der Waals surface area contributed by atoms with Gasteiger partial charge >= 0.3 is 0 Å². The van der Waals surface area contributed by atoms with E-state index in [1.54, 1.807) is 12.1 Å². The van der Waals surface area contributed by atoms with E-state index in [0.717, 1.165) is 0 Å². The van der Waals surface area contributed by atoms with Gasteiger partial charge in [0.2, 0.25) is 10.0 Å². The van der Waals surface area contributed by atoms with Crippen molar-refractivity contribution in [1.29, 1.82) is 0 Å². The number of ether oxygens (including phenoxy) is 3. The minimum atomic E-state index is -3.41. The second kappa shape index (κ2) is 8.33. The molecule has 1 atom stereocenters. The van der Waals surface area contributed by atoms with Crippen LogP contribution in [0.5, 0.6) is 17.5 Å². The van der Waals surface area contributed by atoms with Gasteiger partial charge in [0.05, 0.1) is 19.4 Å². The van der Waals surface area contributed by atoms with Crippen LogP contribution in [0.3, 0.4) is 0 Å². The number of hydrogen-bond acceptors (Lipinski definition) is 7. The molecule has 2 heterocycles. The summed E-state index contributed by atoms with van der Waals surface area (Å²) < 4.78 is 42.7. The van der Waals surface area contributed by atoms with E-state index in [-0.39, 0.29) is 36.8 Å². The molecular formula is C17H21N3O5S. The molecule has 1 aliphatic heterocycles. The third kappa shape index (κ3) is 4.61. The van der Waals surface area contributed by atoms with E-state index in [2.05, 4.69) is 9.97 Å². The molecule has 0 radical (unpaired) electrons. The van der Waals surface area contributed by atoms with Crippen LogP contribution in [0.15, 0.2) is 42.7 Å². The summed E-state index contributed by atoms with van der Waals surface area (Å²) in [7, 11) is -1.93. The number of hydrogen-bond donors (Lipinski definition) is 0. The fourth-order valence-electron chi connectivity index (χ4n) is 2.65. The summed E-state index contributed by atoms with van der Waals surface area (Å²) in [6, 6.07) is 9.14. The molecule has 2 aromatic rings. The second-order valence-corrected chi connectivity index (χ2v) is 7.82. The van der Waals surface area contributed by atoms with Crippen molar-refractivity contribution < 1.29 is 22.6 Å². The third-order valence-corrected chi connectivity index (χ3v) is 5.76. The van der Waals surface area contributed by atoms with Gasteiger partial charge in [-0.2, -0.15) is 4.31 Å². The minimum Gasteiger partial charge on any atom is -0.492 e. The average molecular weight is 379 g/mol. The van der Waals surface area contributed by atoms with Gasteiger partial charge in [-0.15, -0.1) is 0 Å². The van der Waals surface area contributed by atoms with Gasteiger partial charge in [0, 0.05) is 18.9 Å². The smallest absolute Gasteiger partial charge is 0.278 e. The Hall–Kier alpha value is -2.39. The number of para-hydroxylation sites is 1. The van der Waals surface area contributed by atoms with Crippen molar-refractivity contribution in [2.75, 3.05) is 32.6 Å². The molecule has 140 valence electrons. The molecule has 3 rings (SSSR count). The van der Waals surface area contributed by atoms with Crippen molar-refractivity contribution >= 4 is 10.0 Å². The van der Waals surface area contributed by atoms with E-state index in [1.807, 2.05) is 18.2 Å². The summed E-state index contributed by atoms with van der Waals surface area (Å²) in [6.45, 7) is 0.778. The highest BCUT2D eigenvalue weighted by Gasteiger charge is 2.33. The molecule has 0 N–H and O–H groups in total. The molecule has 1 fully saturated rings. The second-order valence-electron chi connectivity index (χ2n) is 5.73. The number of nitrogens with zero attached hydrogens (tertiary/aromatic N) is 3. The van der Waals surface area contributed by atoms with Crippen LogP contribution in [0.2, 0.25) is 0 Å². The molecule has 9 heteroatoms. The Bertz CT molecular complexity index is 816. The zero-order valence-corrected chi connectivity index (χ0v) is 15.3. The largest absolute Gasteiger partial charge is 0.492 e. The first kappa shape index (κ1) is 18.4. The van der Waals surface area contributed by atoms with E-state index in [9.17, 15) is 8.42 Å². The average Bonchev–Trinajstić information content (AvgIpc) is 3.12. The first-order valence-electron chi connectivity index (χ1n) is 8.26. The number of methoxy groups -OCH3 is 1. The normalized spacial score (nSPS) is 17.8. The van der Waals surface area contributed by atoms with Gasteiger partial charge in [-0.1, -0.05) is 18.2 Å². The number of rotatable bonds is 8. The quantitative estimate of drug-likeness (QED) is 0.684. The third-order valence-electron chi connectivity index (χ3n) is 3.96. The molecule has 1 aromatic carbocycles. The Balaban J connectivity index is 1.52. The molecule has 0 amide bonds. The first-order valence-corrected chi connectivity index (χ1v) is 9.87. The topological polar surface area (TPSA) is 90.9 Å². The molecule has 0 saturated carbocycles. The highest BCUT2D eigenvalue weighted by atomic mass is 32.2. The Labute approximate surface area is 152 Å². The maximum atomic E-state index is 12.5. The standard InChI is InChI=1S/C17H21N3O5S/c1-23-16-17(19-9-8-18-16)25-15-7-10-20(13-15)26(21,22)12-11-24-14-5-3-2-4-6-14/h2-6,8-9,15H,7,10-13H2,1H3. The molecule has 1 aromatic heterocycles. The molecule has 0 aliphatic carbocycles. The van der Waals surface area contributed by atoms with Crippen LogP contribution in [-0.4, -0.2) is 61.4 Å². The van der Waals surface area contributed by atoms with E-state index >= 15 is 0 Å². The summed E-state index contributed by atoms with van der Waals surface area (Å²) in [4.78, 5) is 8.10. The first-order chi connectivity index (χ1) is 12.6. The summed E-state index contributed by atoms with van der Waals surface area (Å²) in [5, 5.41) is 0. The summed E-state index contributed by atoms with van der Waals surface area (Å²) in [5.74, 6) is 1.13. The van der Waals surface area contributed by atoms with Crippen LogP contribution < -0.4 is 14.2 Å². The Morgan fingerprint density at radius 3 is 2.62 bits per heavy atom. The Kier molecular flexibility index (Phi) is 5.89. The van der Waals surface area contributed by atoms with E-state index in [0.29, 0.717) is 18.7 Å². The lowest BCUT2D eigenvalue weighted by Crippen LogP contribution is -2.34. The van der Waals surface area contributed by atoms with Crippen molar-refractivity contribution in [3.8, 4) is 17.5 Å². The van der Waals surface area contributed by atoms with E-state index in [4.69, 9.17) is 14.2 Å². The van der Waals surface area contributed by atoms with Crippen molar-refractivity contribution in [2.24, 2.45) is 0 Å². The van der Waals surface area contributed by atoms with Gasteiger partial charge in [-0.05, 0) is 18.6 Å². The van der Waals surface area contributed by atoms with Crippen LogP contribution in [0.1, 0.15) is 6.42 Å². The van der Waals surface area contributed by atoms with Gasteiger partial charge in [0.25, 0.3) is 11.8 Å². The van der Waals surface area contributed by atoms with E-state index < -0.39 is 10.0 Å². The van der Waals surface area contributed by atoms with Gasteiger partial charge in [-0.3, -0.25) is 0 Å². The zero-order valence-electron chi connectivity index (χ0n) is 14.4. The number of benzene rings is 1. The summed E-state index contributed by atoms with van der Waals surface area (Å²) >= 11 is 0.